The summed E-state index contributed by atoms with van der Waals surface area (Å²) >= 11 is 7.77. The third-order valence-electron chi connectivity index (χ3n) is 3.33. The normalized spacial score (nSPS) is 10.0. The number of hydrogen-bond acceptors (Lipinski definition) is 5. The van der Waals surface area contributed by atoms with Gasteiger partial charge in [0.2, 0.25) is 0 Å². The Morgan fingerprint density at radius 2 is 1.81 bits per heavy atom. The van der Waals surface area contributed by atoms with Crippen LogP contribution in [0.4, 0.5) is 0 Å². The largest absolute Gasteiger partial charge is 0.494 e. The lowest BCUT2D eigenvalue weighted by atomic mass is 10.2. The summed E-state index contributed by atoms with van der Waals surface area (Å²) < 4.78 is 5.63. The lowest BCUT2D eigenvalue weighted by Gasteiger charge is -2.11. The van der Waals surface area contributed by atoms with Gasteiger partial charge >= 0.3 is 0 Å². The molecule has 26 heavy (non-hydrogen) atoms. The zero-order valence-corrected chi connectivity index (χ0v) is 18.5. The zero-order chi connectivity index (χ0) is 17.4. The molecule has 1 aromatic heterocycles. The molecule has 1 heterocycles. The van der Waals surface area contributed by atoms with E-state index in [1.54, 1.807) is 11.8 Å². The van der Waals surface area contributed by atoms with E-state index in [9.17, 15) is 0 Å². The van der Waals surface area contributed by atoms with Gasteiger partial charge in [0, 0.05) is 34.3 Å². The molecule has 0 aliphatic carbocycles. The number of thioether (sulfide) groups is 1. The Kier molecular flexibility index (Phi) is 13.1. The van der Waals surface area contributed by atoms with E-state index in [-0.39, 0.29) is 24.8 Å². The average molecular weight is 439 g/mol. The lowest BCUT2D eigenvalue weighted by molar-refractivity contribution is 0.335. The molecule has 0 fully saturated rings. The van der Waals surface area contributed by atoms with Crippen LogP contribution in [-0.2, 0) is 6.54 Å². The summed E-state index contributed by atoms with van der Waals surface area (Å²) in [7, 11) is 0. The number of benzene rings is 1. The monoisotopic (exact) mass is 437 g/mol. The van der Waals surface area contributed by atoms with Crippen molar-refractivity contribution in [1.29, 1.82) is 0 Å². The number of rotatable bonds is 9. The third-order valence-corrected chi connectivity index (χ3v) is 4.50. The van der Waals surface area contributed by atoms with Crippen molar-refractivity contribution in [2.45, 2.75) is 38.9 Å². The van der Waals surface area contributed by atoms with Crippen molar-refractivity contribution in [2.24, 2.45) is 0 Å². The molecule has 2 rings (SSSR count). The Balaban J connectivity index is 0.00000312. The highest BCUT2D eigenvalue weighted by Gasteiger charge is 2.04. The van der Waals surface area contributed by atoms with E-state index in [0.29, 0.717) is 6.61 Å². The summed E-state index contributed by atoms with van der Waals surface area (Å²) in [5.41, 5.74) is 3.13. The molecule has 1 N–H and O–H groups in total. The number of ether oxygens (including phenoxy) is 1. The second-order valence-corrected chi connectivity index (χ2v) is 7.00. The SMILES string of the molecule is CCOc1ccc(Cl)cc1CNCCCSc1nc(C)cc(C)n1.Cl.Cl. The fourth-order valence-electron chi connectivity index (χ4n) is 2.32. The van der Waals surface area contributed by atoms with E-state index >= 15 is 0 Å². The van der Waals surface area contributed by atoms with Crippen molar-refractivity contribution in [3.05, 3.63) is 46.2 Å². The molecular weight excluding hydrogens is 413 g/mol. The van der Waals surface area contributed by atoms with Gasteiger partial charge in [0.25, 0.3) is 0 Å². The van der Waals surface area contributed by atoms with Gasteiger partial charge in [-0.15, -0.1) is 24.8 Å². The van der Waals surface area contributed by atoms with Crippen LogP contribution in [-0.4, -0.2) is 28.9 Å². The molecule has 0 radical (unpaired) electrons. The standard InChI is InChI=1S/C18H24ClN3OS.2ClH/c1-4-23-17-7-6-16(19)11-15(17)12-20-8-5-9-24-18-21-13(2)10-14(3)22-18;;/h6-7,10-11,20H,4-5,8-9,12H2,1-3H3;2*1H. The predicted molar refractivity (Wildman–Crippen MR) is 116 cm³/mol. The van der Waals surface area contributed by atoms with Gasteiger partial charge in [0.05, 0.1) is 6.61 Å². The highest BCUT2D eigenvalue weighted by molar-refractivity contribution is 7.99. The quantitative estimate of drug-likeness (QED) is 0.329. The second-order valence-electron chi connectivity index (χ2n) is 5.50. The lowest BCUT2D eigenvalue weighted by Crippen LogP contribution is -2.16. The van der Waals surface area contributed by atoms with Crippen LogP contribution in [0.25, 0.3) is 0 Å². The van der Waals surface area contributed by atoms with E-state index in [0.717, 1.165) is 58.1 Å². The minimum Gasteiger partial charge on any atom is -0.494 e. The fourth-order valence-corrected chi connectivity index (χ4v) is 3.41. The number of nitrogens with one attached hydrogen (secondary N) is 1. The zero-order valence-electron chi connectivity index (χ0n) is 15.3. The highest BCUT2D eigenvalue weighted by atomic mass is 35.5. The van der Waals surface area contributed by atoms with Crippen LogP contribution < -0.4 is 10.1 Å². The highest BCUT2D eigenvalue weighted by Crippen LogP contribution is 2.23. The maximum absolute atomic E-state index is 6.07. The Hall–Kier alpha value is -0.720. The Labute approximate surface area is 177 Å². The molecule has 0 bridgehead atoms. The molecule has 8 heteroatoms. The maximum atomic E-state index is 6.07. The van der Waals surface area contributed by atoms with E-state index in [1.165, 1.54) is 0 Å². The first-order valence-electron chi connectivity index (χ1n) is 8.15. The summed E-state index contributed by atoms with van der Waals surface area (Å²) in [4.78, 5) is 8.88. The predicted octanol–water partition coefficient (Wildman–Crippen LogP) is 5.26. The number of aromatic nitrogens is 2. The summed E-state index contributed by atoms with van der Waals surface area (Å²) in [6, 6.07) is 7.73. The molecule has 0 unspecified atom stereocenters. The molecule has 0 aliphatic heterocycles. The van der Waals surface area contributed by atoms with Gasteiger partial charge < -0.3 is 10.1 Å². The van der Waals surface area contributed by atoms with Gasteiger partial charge in [0.15, 0.2) is 5.16 Å². The van der Waals surface area contributed by atoms with Gasteiger partial charge in [-0.05, 0) is 58.0 Å². The number of aryl methyl sites for hydroxylation is 2. The molecule has 0 atom stereocenters. The van der Waals surface area contributed by atoms with Crippen LogP contribution >= 0.6 is 48.2 Å². The van der Waals surface area contributed by atoms with Crippen LogP contribution in [0, 0.1) is 13.8 Å². The van der Waals surface area contributed by atoms with E-state index in [4.69, 9.17) is 16.3 Å². The van der Waals surface area contributed by atoms with Crippen LogP contribution in [0.15, 0.2) is 29.4 Å². The summed E-state index contributed by atoms with van der Waals surface area (Å²) in [6.45, 7) is 8.32. The minimum absolute atomic E-state index is 0. The molecule has 1 aromatic carbocycles. The van der Waals surface area contributed by atoms with Crippen LogP contribution in [0.3, 0.4) is 0 Å². The molecular formula is C18H26Cl3N3OS. The third kappa shape index (κ3) is 8.78. The van der Waals surface area contributed by atoms with Crippen LogP contribution in [0.2, 0.25) is 5.02 Å². The van der Waals surface area contributed by atoms with Gasteiger partial charge in [-0.2, -0.15) is 0 Å². The van der Waals surface area contributed by atoms with Gasteiger partial charge in [-0.25, -0.2) is 9.97 Å². The molecule has 0 saturated carbocycles. The van der Waals surface area contributed by atoms with Crippen LogP contribution in [0.5, 0.6) is 5.75 Å². The molecule has 4 nitrogen and oxygen atoms in total. The first-order valence-corrected chi connectivity index (χ1v) is 9.52. The Bertz CT molecular complexity index is 654. The Morgan fingerprint density at radius 3 is 2.46 bits per heavy atom. The number of halogens is 3. The maximum Gasteiger partial charge on any atom is 0.187 e. The van der Waals surface area contributed by atoms with Crippen molar-refractivity contribution in [1.82, 2.24) is 15.3 Å². The van der Waals surface area contributed by atoms with Gasteiger partial charge in [-0.3, -0.25) is 0 Å². The first kappa shape index (κ1) is 25.3. The number of hydrogen-bond donors (Lipinski definition) is 1. The van der Waals surface area contributed by atoms with E-state index in [2.05, 4.69) is 15.3 Å². The smallest absolute Gasteiger partial charge is 0.187 e. The minimum atomic E-state index is 0. The second kappa shape index (κ2) is 13.4. The molecule has 0 saturated heterocycles. The van der Waals surface area contributed by atoms with Gasteiger partial charge in [-0.1, -0.05) is 23.4 Å². The summed E-state index contributed by atoms with van der Waals surface area (Å²) in [6.07, 6.45) is 1.05. The Morgan fingerprint density at radius 1 is 1.12 bits per heavy atom. The molecule has 0 spiro atoms. The van der Waals surface area contributed by atoms with Gasteiger partial charge in [0.1, 0.15) is 5.75 Å². The van der Waals surface area contributed by atoms with Crippen LogP contribution in [0.1, 0.15) is 30.3 Å². The van der Waals surface area contributed by atoms with E-state index in [1.807, 2.05) is 45.0 Å². The van der Waals surface area contributed by atoms with Crippen molar-refractivity contribution in [2.75, 3.05) is 18.9 Å². The molecule has 2 aromatic rings. The average Bonchev–Trinajstić information content (AvgIpc) is 2.52. The summed E-state index contributed by atoms with van der Waals surface area (Å²) in [5.74, 6) is 1.89. The van der Waals surface area contributed by atoms with Crippen molar-refractivity contribution in [3.8, 4) is 5.75 Å². The fraction of sp³-hybridized carbons (Fsp3) is 0.444. The molecule has 146 valence electrons. The molecule has 0 aliphatic rings. The van der Waals surface area contributed by atoms with Crippen molar-refractivity contribution < 1.29 is 4.74 Å². The van der Waals surface area contributed by atoms with Crippen molar-refractivity contribution >= 4 is 48.2 Å². The summed E-state index contributed by atoms with van der Waals surface area (Å²) in [5, 5.41) is 5.04. The van der Waals surface area contributed by atoms with Crippen molar-refractivity contribution in [3.63, 3.8) is 0 Å². The first-order chi connectivity index (χ1) is 11.6. The van der Waals surface area contributed by atoms with E-state index < -0.39 is 0 Å². The number of nitrogens with zero attached hydrogens (tertiary/aromatic N) is 2. The topological polar surface area (TPSA) is 47.0 Å². The molecule has 0 amide bonds.